The Balaban J connectivity index is 2.06. The van der Waals surface area contributed by atoms with Gasteiger partial charge >= 0.3 is 6.18 Å². The minimum absolute atomic E-state index is 0.496. The SMILES string of the molecule is FC(F)(F)c1cccc(N2C=CC[n+]3ccccc32)c1. The number of anilines is 2. The van der Waals surface area contributed by atoms with Crippen molar-refractivity contribution in [2.45, 2.75) is 12.7 Å². The van der Waals surface area contributed by atoms with Crippen LogP contribution in [-0.4, -0.2) is 0 Å². The van der Waals surface area contributed by atoms with Crippen molar-refractivity contribution in [2.24, 2.45) is 0 Å². The van der Waals surface area contributed by atoms with Gasteiger partial charge in [0.05, 0.1) is 18.0 Å². The average Bonchev–Trinajstić information content (AvgIpc) is 2.46. The number of alkyl halides is 3. The normalized spacial score (nSPS) is 14.2. The molecule has 2 aromatic rings. The molecule has 1 aromatic heterocycles. The summed E-state index contributed by atoms with van der Waals surface area (Å²) in [5, 5.41) is 0. The van der Waals surface area contributed by atoms with Gasteiger partial charge in [-0.15, -0.1) is 0 Å². The van der Waals surface area contributed by atoms with Crippen LogP contribution in [0.15, 0.2) is 60.9 Å². The van der Waals surface area contributed by atoms with Crippen molar-refractivity contribution in [1.29, 1.82) is 0 Å². The van der Waals surface area contributed by atoms with Gasteiger partial charge in [0.2, 0.25) is 0 Å². The number of fused-ring (bicyclic) bond motifs is 1. The van der Waals surface area contributed by atoms with Crippen LogP contribution in [-0.2, 0) is 12.7 Å². The van der Waals surface area contributed by atoms with E-state index >= 15 is 0 Å². The molecule has 0 spiro atoms. The lowest BCUT2D eigenvalue weighted by Crippen LogP contribution is -2.41. The fraction of sp³-hybridized carbons (Fsp3) is 0.133. The topological polar surface area (TPSA) is 7.12 Å². The maximum Gasteiger partial charge on any atom is 0.416 e. The van der Waals surface area contributed by atoms with E-state index in [0.717, 1.165) is 18.0 Å². The first-order valence-electron chi connectivity index (χ1n) is 6.17. The van der Waals surface area contributed by atoms with Crippen LogP contribution in [0.1, 0.15) is 5.56 Å². The Morgan fingerprint density at radius 2 is 1.90 bits per heavy atom. The Bertz CT molecular complexity index is 662. The first-order chi connectivity index (χ1) is 9.55. The molecule has 1 aliphatic heterocycles. The number of hydrogen-bond acceptors (Lipinski definition) is 1. The van der Waals surface area contributed by atoms with Gasteiger partial charge in [-0.05, 0) is 30.3 Å². The van der Waals surface area contributed by atoms with Gasteiger partial charge in [-0.2, -0.15) is 18.1 Å². The summed E-state index contributed by atoms with van der Waals surface area (Å²) < 4.78 is 40.3. The highest BCUT2D eigenvalue weighted by Crippen LogP contribution is 2.33. The third kappa shape index (κ3) is 2.27. The molecule has 0 unspecified atom stereocenters. The Kier molecular flexibility index (Phi) is 2.97. The molecule has 1 aliphatic rings. The molecule has 0 saturated carbocycles. The molecule has 0 fully saturated rings. The monoisotopic (exact) mass is 277 g/mol. The van der Waals surface area contributed by atoms with Gasteiger partial charge in [0.25, 0.3) is 5.82 Å². The molecule has 0 radical (unpaired) electrons. The third-order valence-corrected chi connectivity index (χ3v) is 3.17. The van der Waals surface area contributed by atoms with E-state index in [0.29, 0.717) is 12.2 Å². The molecule has 5 heteroatoms. The van der Waals surface area contributed by atoms with E-state index in [1.807, 2.05) is 35.0 Å². The fourth-order valence-electron chi connectivity index (χ4n) is 2.23. The Morgan fingerprint density at radius 3 is 2.70 bits per heavy atom. The van der Waals surface area contributed by atoms with E-state index in [4.69, 9.17) is 0 Å². The van der Waals surface area contributed by atoms with Gasteiger partial charge in [-0.3, -0.25) is 0 Å². The Labute approximate surface area is 114 Å². The highest BCUT2D eigenvalue weighted by atomic mass is 19.4. The van der Waals surface area contributed by atoms with Gasteiger partial charge in [0, 0.05) is 6.07 Å². The number of rotatable bonds is 1. The van der Waals surface area contributed by atoms with E-state index in [1.165, 1.54) is 6.07 Å². The molecule has 0 N–H and O–H groups in total. The van der Waals surface area contributed by atoms with Crippen LogP contribution in [0.2, 0.25) is 0 Å². The smallest absolute Gasteiger partial charge is 0.230 e. The van der Waals surface area contributed by atoms with E-state index in [1.54, 1.807) is 17.2 Å². The van der Waals surface area contributed by atoms with Crippen LogP contribution < -0.4 is 9.47 Å². The number of pyridine rings is 1. The molecule has 20 heavy (non-hydrogen) atoms. The third-order valence-electron chi connectivity index (χ3n) is 3.17. The van der Waals surface area contributed by atoms with Crippen LogP contribution in [0.4, 0.5) is 24.7 Å². The molecule has 102 valence electrons. The zero-order valence-electron chi connectivity index (χ0n) is 10.5. The van der Waals surface area contributed by atoms with Crippen molar-refractivity contribution in [3.63, 3.8) is 0 Å². The molecular formula is C15H12F3N2+. The molecule has 3 rings (SSSR count). The predicted octanol–water partition coefficient (Wildman–Crippen LogP) is 3.66. The number of aromatic nitrogens is 1. The number of allylic oxidation sites excluding steroid dienone is 1. The molecule has 1 aromatic carbocycles. The van der Waals surface area contributed by atoms with Crippen molar-refractivity contribution in [1.82, 2.24) is 0 Å². The summed E-state index contributed by atoms with van der Waals surface area (Å²) >= 11 is 0. The van der Waals surface area contributed by atoms with Gasteiger partial charge in [-0.25, -0.2) is 4.57 Å². The second-order valence-corrected chi connectivity index (χ2v) is 4.51. The Morgan fingerprint density at radius 1 is 1.05 bits per heavy atom. The lowest BCUT2D eigenvalue weighted by molar-refractivity contribution is -0.675. The summed E-state index contributed by atoms with van der Waals surface area (Å²) in [6.07, 6.45) is 1.28. The van der Waals surface area contributed by atoms with Crippen LogP contribution in [0.3, 0.4) is 0 Å². The summed E-state index contributed by atoms with van der Waals surface area (Å²) in [7, 11) is 0. The van der Waals surface area contributed by atoms with Crippen molar-refractivity contribution in [3.8, 4) is 0 Å². The number of hydrogen-bond donors (Lipinski definition) is 0. The lowest BCUT2D eigenvalue weighted by atomic mass is 10.1. The summed E-state index contributed by atoms with van der Waals surface area (Å²) in [5.74, 6) is 0.842. The highest BCUT2D eigenvalue weighted by Gasteiger charge is 2.32. The molecule has 0 saturated heterocycles. The van der Waals surface area contributed by atoms with Crippen LogP contribution in [0.25, 0.3) is 0 Å². The maximum absolute atomic E-state index is 12.8. The number of benzene rings is 1. The summed E-state index contributed by atoms with van der Waals surface area (Å²) in [4.78, 5) is 1.75. The van der Waals surface area contributed by atoms with Crippen LogP contribution >= 0.6 is 0 Å². The quantitative estimate of drug-likeness (QED) is 0.722. The summed E-state index contributed by atoms with van der Waals surface area (Å²) in [5.41, 5.74) is -0.146. The molecular weight excluding hydrogens is 265 g/mol. The standard InChI is InChI=1S/C15H12F3N2/c16-15(17,18)12-5-3-6-13(11-12)20-10-4-9-19-8-2-1-7-14(19)20/h1-8,10-11H,9H2/q+1. The largest absolute Gasteiger partial charge is 0.416 e. The molecule has 0 bridgehead atoms. The van der Waals surface area contributed by atoms with Crippen molar-refractivity contribution in [2.75, 3.05) is 4.90 Å². The van der Waals surface area contributed by atoms with Gasteiger partial charge in [0.15, 0.2) is 0 Å². The number of halogens is 3. The fourth-order valence-corrected chi connectivity index (χ4v) is 2.23. The first-order valence-corrected chi connectivity index (χ1v) is 6.17. The minimum atomic E-state index is -4.33. The first kappa shape index (κ1) is 12.7. The zero-order valence-corrected chi connectivity index (χ0v) is 10.5. The highest BCUT2D eigenvalue weighted by molar-refractivity contribution is 5.62. The van der Waals surface area contributed by atoms with E-state index in [2.05, 4.69) is 0 Å². The van der Waals surface area contributed by atoms with Gasteiger partial charge < -0.3 is 0 Å². The second-order valence-electron chi connectivity index (χ2n) is 4.51. The molecule has 0 amide bonds. The summed E-state index contributed by atoms with van der Waals surface area (Å²) in [6.45, 7) is 0.714. The zero-order chi connectivity index (χ0) is 14.2. The van der Waals surface area contributed by atoms with Gasteiger partial charge in [-0.1, -0.05) is 12.1 Å². The number of nitrogens with zero attached hydrogens (tertiary/aromatic N) is 2. The van der Waals surface area contributed by atoms with Crippen LogP contribution in [0.5, 0.6) is 0 Å². The molecule has 2 heterocycles. The van der Waals surface area contributed by atoms with Crippen molar-refractivity contribution >= 4 is 11.5 Å². The summed E-state index contributed by atoms with van der Waals surface area (Å²) in [6, 6.07) is 11.0. The van der Waals surface area contributed by atoms with Crippen molar-refractivity contribution in [3.05, 3.63) is 66.5 Å². The van der Waals surface area contributed by atoms with Crippen LogP contribution in [0, 0.1) is 0 Å². The van der Waals surface area contributed by atoms with E-state index in [-0.39, 0.29) is 0 Å². The maximum atomic E-state index is 12.8. The second kappa shape index (κ2) is 4.67. The molecule has 0 aliphatic carbocycles. The lowest BCUT2D eigenvalue weighted by Gasteiger charge is -2.19. The molecule has 2 nitrogen and oxygen atoms in total. The van der Waals surface area contributed by atoms with Gasteiger partial charge in [0.1, 0.15) is 12.2 Å². The van der Waals surface area contributed by atoms with E-state index in [9.17, 15) is 13.2 Å². The van der Waals surface area contributed by atoms with Crippen molar-refractivity contribution < 1.29 is 17.7 Å². The average molecular weight is 277 g/mol. The molecule has 0 atom stereocenters. The minimum Gasteiger partial charge on any atom is -0.230 e. The Hall–Kier alpha value is -2.30. The van der Waals surface area contributed by atoms with E-state index < -0.39 is 11.7 Å². The predicted molar refractivity (Wildman–Crippen MR) is 69.4 cm³/mol.